The quantitative estimate of drug-likeness (QED) is 0.412. The Labute approximate surface area is 184 Å². The molecule has 0 saturated carbocycles. The zero-order valence-electron chi connectivity index (χ0n) is 17.4. The second-order valence-corrected chi connectivity index (χ2v) is 7.29. The molecular formula is C25H20N6O. The van der Waals surface area contributed by atoms with Crippen LogP contribution in [-0.2, 0) is 0 Å². The standard InChI is InChI=1S/C25H20N6O/c1-17-26-13-14-31(17)24-15-23(27-16-28-24)29-19-9-11-20(12-10-19)30-25(32)22-8-4-6-18-5-2-3-7-21(18)22/h2-16H,1H3,(H,30,32)(H,27,28,29). The average Bonchev–Trinajstić information content (AvgIpc) is 3.26. The van der Waals surface area contributed by atoms with Gasteiger partial charge in [-0.2, -0.15) is 0 Å². The first-order valence-electron chi connectivity index (χ1n) is 10.2. The van der Waals surface area contributed by atoms with Crippen LogP contribution in [0.3, 0.4) is 0 Å². The maximum absolute atomic E-state index is 12.8. The van der Waals surface area contributed by atoms with Gasteiger partial charge in [-0.1, -0.05) is 36.4 Å². The van der Waals surface area contributed by atoms with Crippen molar-refractivity contribution < 1.29 is 4.79 Å². The highest BCUT2D eigenvalue weighted by atomic mass is 16.1. The van der Waals surface area contributed by atoms with Crippen LogP contribution in [0.15, 0.2) is 91.5 Å². The molecule has 0 spiro atoms. The van der Waals surface area contributed by atoms with E-state index in [4.69, 9.17) is 0 Å². The van der Waals surface area contributed by atoms with Gasteiger partial charge >= 0.3 is 0 Å². The molecule has 3 aromatic carbocycles. The van der Waals surface area contributed by atoms with Gasteiger partial charge in [-0.05, 0) is 48.0 Å². The lowest BCUT2D eigenvalue weighted by Crippen LogP contribution is -2.12. The molecule has 0 unspecified atom stereocenters. The summed E-state index contributed by atoms with van der Waals surface area (Å²) in [4.78, 5) is 25.7. The molecule has 1 amide bonds. The van der Waals surface area contributed by atoms with Gasteiger partial charge in [0.2, 0.25) is 0 Å². The van der Waals surface area contributed by atoms with E-state index >= 15 is 0 Å². The predicted molar refractivity (Wildman–Crippen MR) is 126 cm³/mol. The van der Waals surface area contributed by atoms with Crippen molar-refractivity contribution >= 4 is 33.9 Å². The Morgan fingerprint density at radius 1 is 0.875 bits per heavy atom. The highest BCUT2D eigenvalue weighted by Crippen LogP contribution is 2.22. The number of imidazole rings is 1. The summed E-state index contributed by atoms with van der Waals surface area (Å²) in [6, 6.07) is 22.9. The molecule has 2 heterocycles. The average molecular weight is 420 g/mol. The molecule has 0 fully saturated rings. The molecule has 5 aromatic rings. The largest absolute Gasteiger partial charge is 0.340 e. The molecule has 2 aromatic heterocycles. The van der Waals surface area contributed by atoms with Crippen LogP contribution >= 0.6 is 0 Å². The number of benzene rings is 3. The SMILES string of the molecule is Cc1nccn1-c1cc(Nc2ccc(NC(=O)c3cccc4ccccc34)cc2)ncn1. The number of nitrogens with zero attached hydrogens (tertiary/aromatic N) is 4. The second kappa shape index (κ2) is 8.31. The van der Waals surface area contributed by atoms with Gasteiger partial charge in [0, 0.05) is 35.4 Å². The van der Waals surface area contributed by atoms with Gasteiger partial charge in [-0.25, -0.2) is 15.0 Å². The Balaban J connectivity index is 1.31. The fraction of sp³-hybridized carbons (Fsp3) is 0.0400. The van der Waals surface area contributed by atoms with E-state index in [9.17, 15) is 4.79 Å². The molecule has 0 aliphatic carbocycles. The van der Waals surface area contributed by atoms with E-state index in [1.807, 2.05) is 90.5 Å². The van der Waals surface area contributed by atoms with Crippen molar-refractivity contribution in [3.05, 3.63) is 103 Å². The molecule has 0 radical (unpaired) electrons. The fourth-order valence-electron chi connectivity index (χ4n) is 3.57. The number of anilines is 3. The topological polar surface area (TPSA) is 84.7 Å². The summed E-state index contributed by atoms with van der Waals surface area (Å²) in [7, 11) is 0. The van der Waals surface area contributed by atoms with Crippen LogP contribution in [0.25, 0.3) is 16.6 Å². The Hall–Kier alpha value is -4.52. The zero-order chi connectivity index (χ0) is 21.9. The first-order valence-corrected chi connectivity index (χ1v) is 10.2. The van der Waals surface area contributed by atoms with Gasteiger partial charge < -0.3 is 10.6 Å². The van der Waals surface area contributed by atoms with E-state index in [1.54, 1.807) is 6.20 Å². The predicted octanol–water partition coefficient (Wildman–Crippen LogP) is 5.12. The van der Waals surface area contributed by atoms with Crippen molar-refractivity contribution in [1.29, 1.82) is 0 Å². The number of hydrogen-bond acceptors (Lipinski definition) is 5. The Kier molecular flexibility index (Phi) is 5.05. The van der Waals surface area contributed by atoms with Crippen molar-refractivity contribution in [2.45, 2.75) is 6.92 Å². The summed E-state index contributed by atoms with van der Waals surface area (Å²) in [6.45, 7) is 1.92. The third-order valence-corrected chi connectivity index (χ3v) is 5.17. The van der Waals surface area contributed by atoms with Crippen LogP contribution < -0.4 is 10.6 Å². The van der Waals surface area contributed by atoms with Crippen molar-refractivity contribution in [3.8, 4) is 5.82 Å². The van der Waals surface area contributed by atoms with Gasteiger partial charge in [0.15, 0.2) is 0 Å². The Morgan fingerprint density at radius 2 is 1.66 bits per heavy atom. The minimum atomic E-state index is -0.140. The first kappa shape index (κ1) is 19.4. The number of hydrogen-bond donors (Lipinski definition) is 2. The van der Waals surface area contributed by atoms with Crippen molar-refractivity contribution in [3.63, 3.8) is 0 Å². The fourth-order valence-corrected chi connectivity index (χ4v) is 3.57. The lowest BCUT2D eigenvalue weighted by atomic mass is 10.0. The van der Waals surface area contributed by atoms with E-state index in [2.05, 4.69) is 25.6 Å². The lowest BCUT2D eigenvalue weighted by Gasteiger charge is -2.10. The molecular weight excluding hydrogens is 400 g/mol. The first-order chi connectivity index (χ1) is 15.7. The van der Waals surface area contributed by atoms with Crippen LogP contribution in [-0.4, -0.2) is 25.4 Å². The van der Waals surface area contributed by atoms with Crippen molar-refractivity contribution in [2.24, 2.45) is 0 Å². The van der Waals surface area contributed by atoms with E-state index in [1.165, 1.54) is 6.33 Å². The second-order valence-electron chi connectivity index (χ2n) is 7.29. The van der Waals surface area contributed by atoms with Gasteiger partial charge in [-0.15, -0.1) is 0 Å². The summed E-state index contributed by atoms with van der Waals surface area (Å²) in [5.74, 6) is 2.10. The number of aryl methyl sites for hydroxylation is 1. The molecule has 0 atom stereocenters. The molecule has 5 rings (SSSR count). The Bertz CT molecular complexity index is 1400. The maximum atomic E-state index is 12.8. The van der Waals surface area contributed by atoms with Crippen LogP contribution in [0.2, 0.25) is 0 Å². The van der Waals surface area contributed by atoms with Crippen molar-refractivity contribution in [1.82, 2.24) is 19.5 Å². The monoisotopic (exact) mass is 420 g/mol. The summed E-state index contributed by atoms with van der Waals surface area (Å²) in [5, 5.41) is 8.20. The Morgan fingerprint density at radius 3 is 2.47 bits per heavy atom. The van der Waals surface area contributed by atoms with Crippen molar-refractivity contribution in [2.75, 3.05) is 10.6 Å². The minimum absolute atomic E-state index is 0.140. The number of nitrogens with one attached hydrogen (secondary N) is 2. The number of fused-ring (bicyclic) bond motifs is 1. The normalized spacial score (nSPS) is 10.8. The number of carbonyl (C=O) groups excluding carboxylic acids is 1. The van der Waals surface area contributed by atoms with Gasteiger partial charge in [0.1, 0.15) is 23.8 Å². The highest BCUT2D eigenvalue weighted by Gasteiger charge is 2.10. The van der Waals surface area contributed by atoms with Crippen LogP contribution in [0.1, 0.15) is 16.2 Å². The van der Waals surface area contributed by atoms with Gasteiger partial charge in [0.25, 0.3) is 5.91 Å². The third kappa shape index (κ3) is 3.91. The van der Waals surface area contributed by atoms with Crippen LogP contribution in [0.4, 0.5) is 17.2 Å². The zero-order valence-corrected chi connectivity index (χ0v) is 17.4. The molecule has 0 aliphatic heterocycles. The summed E-state index contributed by atoms with van der Waals surface area (Å²) in [6.07, 6.45) is 5.10. The molecule has 32 heavy (non-hydrogen) atoms. The number of amides is 1. The highest BCUT2D eigenvalue weighted by molar-refractivity contribution is 6.12. The summed E-state index contributed by atoms with van der Waals surface area (Å²) >= 11 is 0. The minimum Gasteiger partial charge on any atom is -0.340 e. The van der Waals surface area contributed by atoms with Gasteiger partial charge in [0.05, 0.1) is 0 Å². The lowest BCUT2D eigenvalue weighted by molar-refractivity contribution is 0.102. The molecule has 0 aliphatic rings. The number of aromatic nitrogens is 4. The van der Waals surface area contributed by atoms with Crippen LogP contribution in [0, 0.1) is 6.92 Å². The maximum Gasteiger partial charge on any atom is 0.256 e. The van der Waals surface area contributed by atoms with E-state index in [0.717, 1.165) is 28.1 Å². The third-order valence-electron chi connectivity index (χ3n) is 5.17. The molecule has 7 nitrogen and oxygen atoms in total. The molecule has 156 valence electrons. The van der Waals surface area contributed by atoms with Gasteiger partial charge in [-0.3, -0.25) is 9.36 Å². The summed E-state index contributed by atoms with van der Waals surface area (Å²) in [5.41, 5.74) is 2.21. The van der Waals surface area contributed by atoms with E-state index < -0.39 is 0 Å². The number of carbonyl (C=O) groups is 1. The molecule has 7 heteroatoms. The molecule has 0 bridgehead atoms. The van der Waals surface area contributed by atoms with E-state index in [0.29, 0.717) is 17.1 Å². The molecule has 2 N–H and O–H groups in total. The van der Waals surface area contributed by atoms with Crippen LogP contribution in [0.5, 0.6) is 0 Å². The summed E-state index contributed by atoms with van der Waals surface area (Å²) < 4.78 is 1.89. The van der Waals surface area contributed by atoms with E-state index in [-0.39, 0.29) is 5.91 Å². The number of rotatable bonds is 5. The molecule has 0 saturated heterocycles. The smallest absolute Gasteiger partial charge is 0.256 e.